The van der Waals surface area contributed by atoms with Crippen LogP contribution in [0.5, 0.6) is 0 Å². The fourth-order valence-electron chi connectivity index (χ4n) is 4.02. The maximum atomic E-state index is 12.6. The van der Waals surface area contributed by atoms with Gasteiger partial charge in [0.2, 0.25) is 5.91 Å². The number of nitrogens with two attached hydrogens (primary N) is 1. The molecule has 1 saturated carbocycles. The monoisotopic (exact) mass is 322 g/mol. The molecule has 2 N–H and O–H groups in total. The first kappa shape index (κ1) is 17.3. The van der Waals surface area contributed by atoms with E-state index in [-0.39, 0.29) is 18.3 Å². The van der Waals surface area contributed by atoms with E-state index in [1.54, 1.807) is 0 Å². The van der Waals surface area contributed by atoms with Crippen LogP contribution >= 0.6 is 12.4 Å². The highest BCUT2D eigenvalue weighted by Gasteiger charge is 2.41. The van der Waals surface area contributed by atoms with Gasteiger partial charge in [0.15, 0.2) is 0 Å². The number of hydrogen-bond acceptors (Lipinski definition) is 2. The summed E-state index contributed by atoms with van der Waals surface area (Å²) in [7, 11) is 0. The van der Waals surface area contributed by atoms with Gasteiger partial charge < -0.3 is 10.6 Å². The third kappa shape index (κ3) is 3.82. The Morgan fingerprint density at radius 1 is 1.14 bits per heavy atom. The predicted molar refractivity (Wildman–Crippen MR) is 92.1 cm³/mol. The van der Waals surface area contributed by atoms with Crippen LogP contribution in [0.1, 0.15) is 44.1 Å². The quantitative estimate of drug-likeness (QED) is 0.929. The summed E-state index contributed by atoms with van der Waals surface area (Å²) in [5.41, 5.74) is 7.72. The molecule has 3 nitrogen and oxygen atoms in total. The van der Waals surface area contributed by atoms with Crippen molar-refractivity contribution in [1.82, 2.24) is 4.90 Å². The van der Waals surface area contributed by atoms with Crippen molar-refractivity contribution >= 4 is 18.3 Å². The van der Waals surface area contributed by atoms with Gasteiger partial charge in [0.25, 0.3) is 0 Å². The molecule has 2 fully saturated rings. The molecule has 1 aliphatic heterocycles. The van der Waals surface area contributed by atoms with E-state index in [9.17, 15) is 4.79 Å². The highest BCUT2D eigenvalue weighted by Crippen LogP contribution is 2.43. The molecule has 3 rings (SSSR count). The predicted octanol–water partition coefficient (Wildman–Crippen LogP) is 3.16. The summed E-state index contributed by atoms with van der Waals surface area (Å²) in [5, 5.41) is 0. The van der Waals surface area contributed by atoms with Crippen LogP contribution < -0.4 is 5.73 Å². The Hall–Kier alpha value is -1.06. The van der Waals surface area contributed by atoms with Gasteiger partial charge in [-0.3, -0.25) is 4.79 Å². The lowest BCUT2D eigenvalue weighted by Crippen LogP contribution is -2.44. The topological polar surface area (TPSA) is 46.3 Å². The molecule has 1 saturated heterocycles. The summed E-state index contributed by atoms with van der Waals surface area (Å²) >= 11 is 0. The molecule has 0 bridgehead atoms. The molecule has 0 radical (unpaired) electrons. The first-order chi connectivity index (χ1) is 10.2. The first-order valence-electron chi connectivity index (χ1n) is 8.27. The van der Waals surface area contributed by atoms with Gasteiger partial charge in [-0.25, -0.2) is 0 Å². The minimum absolute atomic E-state index is 0. The second-order valence-corrected chi connectivity index (χ2v) is 6.87. The number of rotatable bonds is 3. The van der Waals surface area contributed by atoms with Gasteiger partial charge in [0.1, 0.15) is 0 Å². The largest absolute Gasteiger partial charge is 0.341 e. The van der Waals surface area contributed by atoms with E-state index in [1.807, 2.05) is 35.2 Å². The Bertz CT molecular complexity index is 485. The third-order valence-electron chi connectivity index (χ3n) is 5.28. The van der Waals surface area contributed by atoms with Crippen molar-refractivity contribution in [3.63, 3.8) is 0 Å². The van der Waals surface area contributed by atoms with E-state index in [0.717, 1.165) is 18.7 Å². The SMILES string of the molecule is Cl.N[C@@H](Cc1ccccc1)C(=O)N1CCC2(CCCCC2)C1. The minimum atomic E-state index is -0.397. The Balaban J connectivity index is 0.00000176. The smallest absolute Gasteiger partial charge is 0.239 e. The number of nitrogens with zero attached hydrogens (tertiary/aromatic N) is 1. The Morgan fingerprint density at radius 2 is 1.82 bits per heavy atom. The lowest BCUT2D eigenvalue weighted by molar-refractivity contribution is -0.132. The summed E-state index contributed by atoms with van der Waals surface area (Å²) in [6.07, 6.45) is 8.44. The fourth-order valence-corrected chi connectivity index (χ4v) is 4.02. The summed E-state index contributed by atoms with van der Waals surface area (Å²) in [6, 6.07) is 9.67. The van der Waals surface area contributed by atoms with E-state index in [4.69, 9.17) is 5.73 Å². The number of benzene rings is 1. The van der Waals surface area contributed by atoms with Gasteiger partial charge in [-0.15, -0.1) is 12.4 Å². The van der Waals surface area contributed by atoms with Gasteiger partial charge in [0, 0.05) is 13.1 Å². The molecule has 122 valence electrons. The second-order valence-electron chi connectivity index (χ2n) is 6.87. The van der Waals surface area contributed by atoms with Gasteiger partial charge in [-0.2, -0.15) is 0 Å². The van der Waals surface area contributed by atoms with E-state index in [1.165, 1.54) is 38.5 Å². The lowest BCUT2D eigenvalue weighted by atomic mass is 9.73. The van der Waals surface area contributed by atoms with Crippen molar-refractivity contribution in [2.24, 2.45) is 11.1 Å². The molecule has 4 heteroatoms. The van der Waals surface area contributed by atoms with Crippen molar-refractivity contribution < 1.29 is 4.79 Å². The van der Waals surface area contributed by atoms with Crippen molar-refractivity contribution in [3.05, 3.63) is 35.9 Å². The van der Waals surface area contributed by atoms with Gasteiger partial charge >= 0.3 is 0 Å². The molecule has 1 aromatic rings. The zero-order valence-electron chi connectivity index (χ0n) is 13.2. The molecule has 0 unspecified atom stereocenters. The van der Waals surface area contributed by atoms with Crippen molar-refractivity contribution in [2.45, 2.75) is 51.0 Å². The second kappa shape index (κ2) is 7.47. The molecular formula is C18H27ClN2O. The van der Waals surface area contributed by atoms with E-state index in [2.05, 4.69) is 0 Å². The van der Waals surface area contributed by atoms with Crippen LogP contribution in [0.4, 0.5) is 0 Å². The highest BCUT2D eigenvalue weighted by atomic mass is 35.5. The number of likely N-dealkylation sites (tertiary alicyclic amines) is 1. The lowest BCUT2D eigenvalue weighted by Gasteiger charge is -2.33. The molecule has 2 aliphatic rings. The third-order valence-corrected chi connectivity index (χ3v) is 5.28. The zero-order chi connectivity index (χ0) is 14.7. The molecule has 1 aliphatic carbocycles. The fraction of sp³-hybridized carbons (Fsp3) is 0.611. The van der Waals surface area contributed by atoms with Crippen LogP contribution in [-0.4, -0.2) is 29.9 Å². The average Bonchev–Trinajstić information content (AvgIpc) is 2.92. The molecule has 1 spiro atoms. The summed E-state index contributed by atoms with van der Waals surface area (Å²) in [5.74, 6) is 0.140. The minimum Gasteiger partial charge on any atom is -0.341 e. The van der Waals surface area contributed by atoms with Crippen LogP contribution in [0.15, 0.2) is 30.3 Å². The van der Waals surface area contributed by atoms with Crippen molar-refractivity contribution in [1.29, 1.82) is 0 Å². The Kier molecular flexibility index (Phi) is 5.87. The normalized spacial score (nSPS) is 21.4. The molecular weight excluding hydrogens is 296 g/mol. The van der Waals surface area contributed by atoms with Crippen LogP contribution in [-0.2, 0) is 11.2 Å². The first-order valence-corrected chi connectivity index (χ1v) is 8.27. The van der Waals surface area contributed by atoms with E-state index < -0.39 is 6.04 Å². The van der Waals surface area contributed by atoms with Crippen molar-refractivity contribution in [2.75, 3.05) is 13.1 Å². The maximum absolute atomic E-state index is 12.6. The number of halogens is 1. The van der Waals surface area contributed by atoms with Crippen LogP contribution in [0.2, 0.25) is 0 Å². The molecule has 1 atom stereocenters. The summed E-state index contributed by atoms with van der Waals surface area (Å²) in [4.78, 5) is 14.6. The molecule has 0 aromatic heterocycles. The van der Waals surface area contributed by atoms with Crippen molar-refractivity contribution in [3.8, 4) is 0 Å². The summed E-state index contributed by atoms with van der Waals surface area (Å²) in [6.45, 7) is 1.84. The Labute approximate surface area is 139 Å². The molecule has 1 amide bonds. The standard InChI is InChI=1S/C18H26N2O.ClH/c19-16(13-15-7-3-1-4-8-15)17(21)20-12-11-18(14-20)9-5-2-6-10-18;/h1,3-4,7-8,16H,2,5-6,9-14,19H2;1H/t16-;/m0./s1. The van der Waals surface area contributed by atoms with Gasteiger partial charge in [-0.1, -0.05) is 49.6 Å². The maximum Gasteiger partial charge on any atom is 0.239 e. The number of amides is 1. The highest BCUT2D eigenvalue weighted by molar-refractivity contribution is 5.85. The van der Waals surface area contributed by atoms with E-state index >= 15 is 0 Å². The Morgan fingerprint density at radius 3 is 2.50 bits per heavy atom. The van der Waals surface area contributed by atoms with Crippen LogP contribution in [0.25, 0.3) is 0 Å². The van der Waals surface area contributed by atoms with E-state index in [0.29, 0.717) is 11.8 Å². The molecule has 22 heavy (non-hydrogen) atoms. The summed E-state index contributed by atoms with van der Waals surface area (Å²) < 4.78 is 0. The number of hydrogen-bond donors (Lipinski definition) is 1. The van der Waals surface area contributed by atoms with Gasteiger partial charge in [0.05, 0.1) is 6.04 Å². The number of carbonyl (C=O) groups excluding carboxylic acids is 1. The zero-order valence-corrected chi connectivity index (χ0v) is 14.0. The van der Waals surface area contributed by atoms with Crippen LogP contribution in [0.3, 0.4) is 0 Å². The average molecular weight is 323 g/mol. The number of carbonyl (C=O) groups is 1. The molecule has 1 aromatic carbocycles. The van der Waals surface area contributed by atoms with Crippen LogP contribution in [0, 0.1) is 5.41 Å². The van der Waals surface area contributed by atoms with Gasteiger partial charge in [-0.05, 0) is 36.7 Å². The molecule has 1 heterocycles.